The Morgan fingerprint density at radius 2 is 1.06 bits per heavy atom. The maximum Gasteiger partial charge on any atom is 0.145 e. The minimum absolute atomic E-state index is 0.826. The fourth-order valence-electron chi connectivity index (χ4n) is 9.01. The fraction of sp³-hybridized carbons (Fsp3) is 0.0392. The van der Waals surface area contributed by atoms with Crippen molar-refractivity contribution in [2.24, 2.45) is 0 Å². The fourth-order valence-corrected chi connectivity index (χ4v) is 9.01. The lowest BCUT2D eigenvalue weighted by molar-refractivity contribution is 0.975. The summed E-state index contributed by atoms with van der Waals surface area (Å²) < 4.78 is 2.38. The van der Waals surface area contributed by atoms with Gasteiger partial charge in [-0.15, -0.1) is 0 Å². The summed E-state index contributed by atoms with van der Waals surface area (Å²) in [5.74, 6) is 0.961. The predicted octanol–water partition coefficient (Wildman–Crippen LogP) is 13.6. The molecular weight excluding hydrogens is 655 g/mol. The molecule has 0 saturated carbocycles. The maximum atomic E-state index is 5.24. The van der Waals surface area contributed by atoms with E-state index in [0.717, 1.165) is 34.7 Å². The van der Waals surface area contributed by atoms with Crippen molar-refractivity contribution in [2.45, 2.75) is 6.92 Å². The minimum Gasteiger partial charge on any atom is -0.338 e. The molecule has 0 aliphatic carbocycles. The van der Waals surface area contributed by atoms with E-state index in [0.29, 0.717) is 0 Å². The van der Waals surface area contributed by atoms with Gasteiger partial charge in [-0.05, 0) is 91.3 Å². The maximum absolute atomic E-state index is 5.24. The lowest BCUT2D eigenvalue weighted by Gasteiger charge is -2.34. The molecule has 0 radical (unpaired) electrons. The smallest absolute Gasteiger partial charge is 0.145 e. The zero-order chi connectivity index (χ0) is 35.8. The zero-order valence-electron chi connectivity index (χ0n) is 29.9. The first-order valence-electron chi connectivity index (χ1n) is 18.8. The molecule has 9 aromatic carbocycles. The summed E-state index contributed by atoms with van der Waals surface area (Å²) in [6.45, 7) is 3.08. The van der Waals surface area contributed by atoms with E-state index in [1.54, 1.807) is 0 Å². The Bertz CT molecular complexity index is 3080. The third kappa shape index (κ3) is 4.45. The first-order valence-corrected chi connectivity index (χ1v) is 18.8. The van der Waals surface area contributed by atoms with Crippen molar-refractivity contribution in [3.8, 4) is 50.5 Å². The standard InChI is InChI=1S/C51H35N3/c1-2-53-45-28-15-27-44-50(45)54(51(52-44)35-19-7-4-8-20-35)46-29-14-25-38(49(46)53)36-30-31-42-43(32-36)48(39-26-13-21-33-16-9-10-22-37(33)39)41-24-12-11-23-40(41)47(42)34-17-5-3-6-18-34/h3-32H,2H2,1H3. The molecule has 0 bridgehead atoms. The van der Waals surface area contributed by atoms with Gasteiger partial charge in [0.25, 0.3) is 0 Å². The van der Waals surface area contributed by atoms with Crippen LogP contribution in [0.4, 0.5) is 11.4 Å². The number of aromatic nitrogens is 2. The van der Waals surface area contributed by atoms with E-state index in [9.17, 15) is 0 Å². The first-order chi connectivity index (χ1) is 26.8. The molecule has 0 unspecified atom stereocenters. The van der Waals surface area contributed by atoms with Gasteiger partial charge in [-0.1, -0.05) is 158 Å². The van der Waals surface area contributed by atoms with E-state index < -0.39 is 0 Å². The van der Waals surface area contributed by atoms with Crippen LogP contribution in [-0.2, 0) is 0 Å². The van der Waals surface area contributed by atoms with Crippen LogP contribution in [0.3, 0.4) is 0 Å². The summed E-state index contributed by atoms with van der Waals surface area (Å²) in [6, 6.07) is 66.3. The normalized spacial score (nSPS) is 12.2. The number of rotatable bonds is 5. The lowest BCUT2D eigenvalue weighted by Crippen LogP contribution is -2.23. The van der Waals surface area contributed by atoms with Crippen molar-refractivity contribution in [1.82, 2.24) is 9.55 Å². The highest BCUT2D eigenvalue weighted by atomic mass is 15.2. The highest BCUT2D eigenvalue weighted by Crippen LogP contribution is 2.51. The van der Waals surface area contributed by atoms with E-state index in [-0.39, 0.29) is 0 Å². The number of fused-ring (bicyclic) bond motifs is 5. The van der Waals surface area contributed by atoms with Crippen molar-refractivity contribution in [2.75, 3.05) is 11.4 Å². The number of hydrogen-bond donors (Lipinski definition) is 0. The number of anilines is 2. The number of para-hydroxylation sites is 2. The molecular formula is C51H35N3. The third-order valence-electron chi connectivity index (χ3n) is 11.3. The summed E-state index contributed by atoms with van der Waals surface area (Å²) in [6.07, 6.45) is 0. The van der Waals surface area contributed by atoms with Gasteiger partial charge in [0.1, 0.15) is 5.82 Å². The highest BCUT2D eigenvalue weighted by Gasteiger charge is 2.30. The Labute approximate surface area is 314 Å². The Balaban J connectivity index is 1.24. The van der Waals surface area contributed by atoms with E-state index >= 15 is 0 Å². The molecule has 0 N–H and O–H groups in total. The Morgan fingerprint density at radius 1 is 0.444 bits per heavy atom. The Kier molecular flexibility index (Phi) is 6.83. The van der Waals surface area contributed by atoms with Crippen LogP contribution in [0.15, 0.2) is 182 Å². The second-order valence-electron chi connectivity index (χ2n) is 14.1. The molecule has 54 heavy (non-hydrogen) atoms. The molecule has 2 heterocycles. The third-order valence-corrected chi connectivity index (χ3v) is 11.3. The van der Waals surface area contributed by atoms with Gasteiger partial charge in [-0.2, -0.15) is 0 Å². The van der Waals surface area contributed by atoms with Gasteiger partial charge in [0, 0.05) is 17.7 Å². The molecule has 1 aromatic heterocycles. The molecule has 254 valence electrons. The van der Waals surface area contributed by atoms with Gasteiger partial charge in [0.15, 0.2) is 0 Å². The number of benzene rings is 9. The van der Waals surface area contributed by atoms with Crippen molar-refractivity contribution in [3.63, 3.8) is 0 Å². The SMILES string of the molecule is CCN1c2c(-c3ccc4c(-c5ccccc5)c5ccccc5c(-c5cccc6ccccc56)c4c3)cccc2-n2c(-c3ccccc3)nc3cccc1c32. The lowest BCUT2D eigenvalue weighted by atomic mass is 9.83. The molecule has 1 aliphatic rings. The van der Waals surface area contributed by atoms with E-state index in [1.807, 2.05) is 0 Å². The van der Waals surface area contributed by atoms with Crippen LogP contribution in [0, 0.1) is 0 Å². The molecule has 10 aromatic rings. The molecule has 0 spiro atoms. The molecule has 11 rings (SSSR count). The molecule has 0 fully saturated rings. The quantitative estimate of drug-likeness (QED) is 0.168. The monoisotopic (exact) mass is 689 g/mol. The summed E-state index contributed by atoms with van der Waals surface area (Å²) in [5.41, 5.74) is 14.2. The Hall–Kier alpha value is -6.97. The molecule has 0 saturated heterocycles. The van der Waals surface area contributed by atoms with Gasteiger partial charge in [-0.3, -0.25) is 4.57 Å². The number of imidazole rings is 1. The minimum atomic E-state index is 0.826. The molecule has 3 heteroatoms. The van der Waals surface area contributed by atoms with Crippen LogP contribution >= 0.6 is 0 Å². The van der Waals surface area contributed by atoms with Crippen LogP contribution < -0.4 is 4.90 Å². The Morgan fingerprint density at radius 3 is 1.85 bits per heavy atom. The van der Waals surface area contributed by atoms with Gasteiger partial charge in [-0.25, -0.2) is 4.98 Å². The van der Waals surface area contributed by atoms with Crippen molar-refractivity contribution >= 4 is 54.7 Å². The average Bonchev–Trinajstić information content (AvgIpc) is 3.64. The van der Waals surface area contributed by atoms with Crippen LogP contribution in [0.5, 0.6) is 0 Å². The van der Waals surface area contributed by atoms with Crippen LogP contribution in [0.2, 0.25) is 0 Å². The number of nitrogens with zero attached hydrogens (tertiary/aromatic N) is 3. The molecule has 3 nitrogen and oxygen atoms in total. The van der Waals surface area contributed by atoms with Crippen molar-refractivity contribution in [3.05, 3.63) is 182 Å². The molecule has 1 aliphatic heterocycles. The van der Waals surface area contributed by atoms with Gasteiger partial charge >= 0.3 is 0 Å². The topological polar surface area (TPSA) is 21.1 Å². The summed E-state index contributed by atoms with van der Waals surface area (Å²) in [4.78, 5) is 7.72. The van der Waals surface area contributed by atoms with Crippen LogP contribution in [0.25, 0.3) is 93.8 Å². The largest absolute Gasteiger partial charge is 0.338 e. The second-order valence-corrected chi connectivity index (χ2v) is 14.1. The summed E-state index contributed by atoms with van der Waals surface area (Å²) in [5, 5.41) is 7.50. The molecule has 0 amide bonds. The summed E-state index contributed by atoms with van der Waals surface area (Å²) in [7, 11) is 0. The first kappa shape index (κ1) is 30.6. The predicted molar refractivity (Wildman–Crippen MR) is 228 cm³/mol. The van der Waals surface area contributed by atoms with Gasteiger partial charge in [0.2, 0.25) is 0 Å². The zero-order valence-corrected chi connectivity index (χ0v) is 29.9. The van der Waals surface area contributed by atoms with E-state index in [1.165, 1.54) is 77.1 Å². The van der Waals surface area contributed by atoms with Crippen LogP contribution in [-0.4, -0.2) is 16.1 Å². The molecule has 0 atom stereocenters. The average molecular weight is 690 g/mol. The van der Waals surface area contributed by atoms with Crippen molar-refractivity contribution < 1.29 is 0 Å². The number of hydrogen-bond acceptors (Lipinski definition) is 2. The van der Waals surface area contributed by atoms with E-state index in [2.05, 4.69) is 198 Å². The van der Waals surface area contributed by atoms with Crippen LogP contribution in [0.1, 0.15) is 6.92 Å². The van der Waals surface area contributed by atoms with Crippen molar-refractivity contribution in [1.29, 1.82) is 0 Å². The van der Waals surface area contributed by atoms with E-state index in [4.69, 9.17) is 4.98 Å². The van der Waals surface area contributed by atoms with Gasteiger partial charge in [0.05, 0.1) is 28.1 Å². The summed E-state index contributed by atoms with van der Waals surface area (Å²) >= 11 is 0. The highest BCUT2D eigenvalue weighted by molar-refractivity contribution is 6.24. The second kappa shape index (κ2) is 12.0. The van der Waals surface area contributed by atoms with Gasteiger partial charge < -0.3 is 4.90 Å².